The number of benzene rings is 2. The van der Waals surface area contributed by atoms with Crippen LogP contribution >= 0.6 is 0 Å². The van der Waals surface area contributed by atoms with E-state index in [9.17, 15) is 9.59 Å². The number of para-hydroxylation sites is 1. The lowest BCUT2D eigenvalue weighted by Gasteiger charge is -2.33. The van der Waals surface area contributed by atoms with Crippen LogP contribution in [0.4, 0.5) is 5.69 Å². The van der Waals surface area contributed by atoms with Gasteiger partial charge in [0.15, 0.2) is 0 Å². The Bertz CT molecular complexity index is 872. The molecule has 2 aliphatic rings. The predicted octanol–water partition coefficient (Wildman–Crippen LogP) is 3.54. The molecule has 4 rings (SSSR count). The summed E-state index contributed by atoms with van der Waals surface area (Å²) in [6.07, 6.45) is 4.90. The van der Waals surface area contributed by atoms with Crippen molar-refractivity contribution in [1.82, 2.24) is 4.90 Å². The van der Waals surface area contributed by atoms with E-state index in [-0.39, 0.29) is 24.3 Å². The molecule has 2 heterocycles. The van der Waals surface area contributed by atoms with E-state index in [1.165, 1.54) is 5.56 Å². The number of fused-ring (bicyclic) bond motifs is 2. The molecular formula is C21H20N2O2. The highest BCUT2D eigenvalue weighted by atomic mass is 16.2. The number of carbonyl (C=O) groups is 2. The van der Waals surface area contributed by atoms with Gasteiger partial charge in [0, 0.05) is 25.4 Å². The van der Waals surface area contributed by atoms with Crippen molar-refractivity contribution < 1.29 is 9.59 Å². The van der Waals surface area contributed by atoms with E-state index in [4.69, 9.17) is 0 Å². The third-order valence-corrected chi connectivity index (χ3v) is 5.03. The molecule has 0 saturated heterocycles. The summed E-state index contributed by atoms with van der Waals surface area (Å²) in [5, 5.41) is 0. The van der Waals surface area contributed by atoms with Crippen LogP contribution in [0.3, 0.4) is 0 Å². The molecule has 0 bridgehead atoms. The van der Waals surface area contributed by atoms with Crippen molar-refractivity contribution in [2.45, 2.75) is 25.8 Å². The highest BCUT2D eigenvalue weighted by molar-refractivity contribution is 5.96. The van der Waals surface area contributed by atoms with Gasteiger partial charge in [-0.25, -0.2) is 0 Å². The topological polar surface area (TPSA) is 40.6 Å². The maximum Gasteiger partial charge on any atom is 0.229 e. The zero-order valence-electron chi connectivity index (χ0n) is 14.2. The van der Waals surface area contributed by atoms with Crippen LogP contribution in [0.1, 0.15) is 36.1 Å². The molecule has 0 fully saturated rings. The molecule has 4 heteroatoms. The van der Waals surface area contributed by atoms with Crippen LogP contribution in [0.15, 0.2) is 54.7 Å². The van der Waals surface area contributed by atoms with Gasteiger partial charge >= 0.3 is 0 Å². The molecule has 126 valence electrons. The van der Waals surface area contributed by atoms with Crippen molar-refractivity contribution >= 4 is 23.6 Å². The number of nitrogens with zero attached hydrogens (tertiary/aromatic N) is 2. The van der Waals surface area contributed by atoms with E-state index >= 15 is 0 Å². The molecule has 2 aromatic rings. The molecule has 0 spiro atoms. The minimum Gasteiger partial charge on any atom is -0.312 e. The highest BCUT2D eigenvalue weighted by Gasteiger charge is 2.32. The molecule has 2 aromatic carbocycles. The molecule has 1 unspecified atom stereocenters. The Morgan fingerprint density at radius 2 is 1.84 bits per heavy atom. The van der Waals surface area contributed by atoms with Gasteiger partial charge in [-0.2, -0.15) is 0 Å². The van der Waals surface area contributed by atoms with Crippen LogP contribution in [0.25, 0.3) is 6.08 Å². The third-order valence-electron chi connectivity index (χ3n) is 5.03. The summed E-state index contributed by atoms with van der Waals surface area (Å²) in [6, 6.07) is 15.7. The van der Waals surface area contributed by atoms with Crippen LogP contribution in [0.2, 0.25) is 0 Å². The predicted molar refractivity (Wildman–Crippen MR) is 97.9 cm³/mol. The first kappa shape index (κ1) is 15.6. The SMILES string of the molecule is CC(=O)N1C=Cc2ccccc2C1CC(=O)N1CCc2ccccc21. The fraction of sp³-hybridized carbons (Fsp3) is 0.238. The molecular weight excluding hydrogens is 312 g/mol. The van der Waals surface area contributed by atoms with Crippen molar-refractivity contribution in [2.75, 3.05) is 11.4 Å². The smallest absolute Gasteiger partial charge is 0.229 e. The van der Waals surface area contributed by atoms with Gasteiger partial charge in [0.05, 0.1) is 12.5 Å². The standard InChI is InChI=1S/C21H20N2O2/c1-15(24)22-12-10-16-6-2-4-8-18(16)20(22)14-21(25)23-13-11-17-7-3-5-9-19(17)23/h2-10,12,20H,11,13-14H2,1H3. The number of rotatable bonds is 2. The Hall–Kier alpha value is -2.88. The highest BCUT2D eigenvalue weighted by Crippen LogP contribution is 2.35. The maximum atomic E-state index is 13.0. The molecule has 0 N–H and O–H groups in total. The molecule has 1 atom stereocenters. The van der Waals surface area contributed by atoms with E-state index in [2.05, 4.69) is 6.07 Å². The lowest BCUT2D eigenvalue weighted by molar-refractivity contribution is -0.129. The molecule has 0 saturated carbocycles. The molecule has 0 radical (unpaired) electrons. The summed E-state index contributed by atoms with van der Waals surface area (Å²) in [5.74, 6) is 0.0108. The van der Waals surface area contributed by atoms with E-state index < -0.39 is 0 Å². The number of hydrogen-bond donors (Lipinski definition) is 0. The van der Waals surface area contributed by atoms with E-state index in [1.807, 2.05) is 53.4 Å². The van der Waals surface area contributed by atoms with Crippen LogP contribution < -0.4 is 4.90 Å². The Labute approximate surface area is 147 Å². The summed E-state index contributed by atoms with van der Waals surface area (Å²) in [6.45, 7) is 2.25. The lowest BCUT2D eigenvalue weighted by Crippen LogP contribution is -2.36. The van der Waals surface area contributed by atoms with Gasteiger partial charge in [-0.3, -0.25) is 9.59 Å². The van der Waals surface area contributed by atoms with Crippen LogP contribution in [-0.2, 0) is 16.0 Å². The van der Waals surface area contributed by atoms with Crippen molar-refractivity contribution in [1.29, 1.82) is 0 Å². The van der Waals surface area contributed by atoms with Crippen LogP contribution in [0.5, 0.6) is 0 Å². The minimum absolute atomic E-state index is 0.0506. The van der Waals surface area contributed by atoms with Crippen molar-refractivity contribution in [3.8, 4) is 0 Å². The zero-order valence-corrected chi connectivity index (χ0v) is 14.2. The second-order valence-electron chi connectivity index (χ2n) is 6.51. The van der Waals surface area contributed by atoms with Crippen LogP contribution in [0, 0.1) is 0 Å². The number of amides is 2. The van der Waals surface area contributed by atoms with E-state index in [1.54, 1.807) is 18.0 Å². The van der Waals surface area contributed by atoms with E-state index in [0.29, 0.717) is 6.54 Å². The molecule has 0 aliphatic carbocycles. The average Bonchev–Trinajstić information content (AvgIpc) is 3.06. The first-order valence-electron chi connectivity index (χ1n) is 8.59. The van der Waals surface area contributed by atoms with Gasteiger partial charge in [-0.1, -0.05) is 42.5 Å². The van der Waals surface area contributed by atoms with Crippen molar-refractivity contribution in [3.05, 3.63) is 71.4 Å². The fourth-order valence-electron chi connectivity index (χ4n) is 3.79. The maximum absolute atomic E-state index is 13.0. The zero-order chi connectivity index (χ0) is 17.4. The Balaban J connectivity index is 1.63. The van der Waals surface area contributed by atoms with Crippen molar-refractivity contribution in [3.63, 3.8) is 0 Å². The second-order valence-corrected chi connectivity index (χ2v) is 6.51. The quantitative estimate of drug-likeness (QED) is 0.844. The van der Waals surface area contributed by atoms with Gasteiger partial charge in [-0.05, 0) is 35.3 Å². The molecule has 2 aliphatic heterocycles. The summed E-state index contributed by atoms with van der Waals surface area (Å²) in [4.78, 5) is 28.6. The summed E-state index contributed by atoms with van der Waals surface area (Å²) < 4.78 is 0. The molecule has 0 aromatic heterocycles. The Morgan fingerprint density at radius 1 is 1.08 bits per heavy atom. The summed E-state index contributed by atoms with van der Waals surface area (Å²) >= 11 is 0. The largest absolute Gasteiger partial charge is 0.312 e. The number of carbonyl (C=O) groups excluding carboxylic acids is 2. The normalized spacial score (nSPS) is 18.0. The molecule has 2 amide bonds. The van der Waals surface area contributed by atoms with E-state index in [0.717, 1.165) is 23.2 Å². The average molecular weight is 332 g/mol. The third kappa shape index (κ3) is 2.74. The lowest BCUT2D eigenvalue weighted by atomic mass is 9.93. The first-order valence-corrected chi connectivity index (χ1v) is 8.59. The van der Waals surface area contributed by atoms with Gasteiger partial charge < -0.3 is 9.80 Å². The second kappa shape index (κ2) is 6.20. The Kier molecular flexibility index (Phi) is 3.88. The summed E-state index contributed by atoms with van der Waals surface area (Å²) in [5.41, 5.74) is 4.31. The van der Waals surface area contributed by atoms with Crippen LogP contribution in [-0.4, -0.2) is 23.3 Å². The first-order chi connectivity index (χ1) is 12.1. The number of hydrogen-bond acceptors (Lipinski definition) is 2. The number of anilines is 1. The van der Waals surface area contributed by atoms with Gasteiger partial charge in [-0.15, -0.1) is 0 Å². The minimum atomic E-state index is -0.251. The molecule has 4 nitrogen and oxygen atoms in total. The fourth-order valence-corrected chi connectivity index (χ4v) is 3.79. The van der Waals surface area contributed by atoms with Gasteiger partial charge in [0.1, 0.15) is 0 Å². The van der Waals surface area contributed by atoms with Gasteiger partial charge in [0.25, 0.3) is 0 Å². The summed E-state index contributed by atoms with van der Waals surface area (Å²) in [7, 11) is 0. The molecule has 25 heavy (non-hydrogen) atoms. The monoisotopic (exact) mass is 332 g/mol. The Morgan fingerprint density at radius 3 is 2.68 bits per heavy atom. The van der Waals surface area contributed by atoms with Crippen molar-refractivity contribution in [2.24, 2.45) is 0 Å². The van der Waals surface area contributed by atoms with Gasteiger partial charge in [0.2, 0.25) is 11.8 Å².